The van der Waals surface area contributed by atoms with Crippen molar-refractivity contribution in [1.29, 1.82) is 0 Å². The van der Waals surface area contributed by atoms with Gasteiger partial charge in [-0.3, -0.25) is 0 Å². The molecule has 0 bridgehead atoms. The van der Waals surface area contributed by atoms with Crippen molar-refractivity contribution in [3.63, 3.8) is 0 Å². The van der Waals surface area contributed by atoms with Crippen molar-refractivity contribution in [1.82, 2.24) is 20.3 Å². The number of aromatic nitrogens is 3. The highest BCUT2D eigenvalue weighted by Gasteiger charge is 2.24. The van der Waals surface area contributed by atoms with Gasteiger partial charge in [-0.25, -0.2) is 4.68 Å². The van der Waals surface area contributed by atoms with Gasteiger partial charge in [0.1, 0.15) is 0 Å². The lowest BCUT2D eigenvalue weighted by atomic mass is 10.5. The average molecular weight is 152 g/mol. The molecule has 1 fully saturated rings. The lowest BCUT2D eigenvalue weighted by Crippen LogP contribution is -2.04. The van der Waals surface area contributed by atoms with Crippen molar-refractivity contribution in [2.24, 2.45) is 0 Å². The Morgan fingerprint density at radius 2 is 2.55 bits per heavy atom. The molecule has 0 radical (unpaired) electrons. The van der Waals surface area contributed by atoms with Crippen LogP contribution in [-0.4, -0.2) is 22.0 Å². The first-order valence-electron chi connectivity index (χ1n) is 3.95. The molecule has 1 N–H and O–H groups in total. The molecule has 11 heavy (non-hydrogen) atoms. The zero-order chi connectivity index (χ0) is 7.68. The molecule has 1 aromatic rings. The molecule has 1 aliphatic carbocycles. The normalized spacial score (nSPS) is 17.2. The van der Waals surface area contributed by atoms with Crippen LogP contribution in [0.25, 0.3) is 0 Å². The van der Waals surface area contributed by atoms with Gasteiger partial charge in [0.15, 0.2) is 0 Å². The Kier molecular flexibility index (Phi) is 1.62. The van der Waals surface area contributed by atoms with Gasteiger partial charge in [-0.2, -0.15) is 0 Å². The zero-order valence-electron chi connectivity index (χ0n) is 6.62. The maximum absolute atomic E-state index is 4.02. The molecular formula is C7H12N4. The highest BCUT2D eigenvalue weighted by Crippen LogP contribution is 2.33. The fourth-order valence-corrected chi connectivity index (χ4v) is 1.09. The van der Waals surface area contributed by atoms with Crippen molar-refractivity contribution >= 4 is 0 Å². The summed E-state index contributed by atoms with van der Waals surface area (Å²) >= 11 is 0. The summed E-state index contributed by atoms with van der Waals surface area (Å²) in [6.07, 6.45) is 4.55. The van der Waals surface area contributed by atoms with Crippen LogP contribution >= 0.6 is 0 Å². The number of nitrogens with one attached hydrogen (secondary N) is 1. The lowest BCUT2D eigenvalue weighted by molar-refractivity contribution is 0.610. The lowest BCUT2D eigenvalue weighted by Gasteiger charge is -1.91. The van der Waals surface area contributed by atoms with E-state index in [2.05, 4.69) is 15.6 Å². The van der Waals surface area contributed by atoms with Gasteiger partial charge in [0.2, 0.25) is 0 Å². The highest BCUT2D eigenvalue weighted by molar-refractivity contribution is 4.94. The molecule has 1 heterocycles. The van der Waals surface area contributed by atoms with Gasteiger partial charge < -0.3 is 5.32 Å². The first-order chi connectivity index (χ1) is 5.40. The van der Waals surface area contributed by atoms with Crippen LogP contribution in [0.2, 0.25) is 0 Å². The van der Waals surface area contributed by atoms with E-state index in [1.165, 1.54) is 12.8 Å². The Morgan fingerprint density at radius 3 is 3.18 bits per heavy atom. The van der Waals surface area contributed by atoms with Crippen LogP contribution < -0.4 is 5.32 Å². The first kappa shape index (κ1) is 6.79. The first-order valence-corrected chi connectivity index (χ1v) is 3.95. The number of hydrogen-bond acceptors (Lipinski definition) is 3. The van der Waals surface area contributed by atoms with Gasteiger partial charge in [-0.15, -0.1) is 5.10 Å². The minimum absolute atomic E-state index is 0.646. The van der Waals surface area contributed by atoms with Crippen LogP contribution in [0.5, 0.6) is 0 Å². The zero-order valence-corrected chi connectivity index (χ0v) is 6.62. The third kappa shape index (κ3) is 1.40. The van der Waals surface area contributed by atoms with Gasteiger partial charge in [-0.05, 0) is 19.9 Å². The largest absolute Gasteiger partial charge is 0.314 e. The van der Waals surface area contributed by atoms with Crippen molar-refractivity contribution in [3.05, 3.63) is 11.9 Å². The number of hydrogen-bond donors (Lipinski definition) is 1. The van der Waals surface area contributed by atoms with Crippen molar-refractivity contribution < 1.29 is 0 Å². The summed E-state index contributed by atoms with van der Waals surface area (Å²) in [6.45, 7) is 0.812. The summed E-state index contributed by atoms with van der Waals surface area (Å²) in [5, 5.41) is 11.1. The summed E-state index contributed by atoms with van der Waals surface area (Å²) in [7, 11) is 1.91. The van der Waals surface area contributed by atoms with Gasteiger partial charge in [0.25, 0.3) is 0 Å². The fraction of sp³-hybridized carbons (Fsp3) is 0.714. The van der Waals surface area contributed by atoms with Crippen LogP contribution in [-0.2, 0) is 6.54 Å². The van der Waals surface area contributed by atoms with E-state index in [-0.39, 0.29) is 0 Å². The van der Waals surface area contributed by atoms with E-state index in [4.69, 9.17) is 0 Å². The number of rotatable bonds is 3. The predicted octanol–water partition coefficient (Wildman–Crippen LogP) is 0.332. The summed E-state index contributed by atoms with van der Waals surface area (Å²) in [5.74, 6) is 0. The van der Waals surface area contributed by atoms with Gasteiger partial charge in [0, 0.05) is 6.54 Å². The highest BCUT2D eigenvalue weighted by atomic mass is 15.4. The molecule has 0 atom stereocenters. The molecule has 1 aromatic heterocycles. The van der Waals surface area contributed by atoms with Crippen molar-refractivity contribution in [3.8, 4) is 0 Å². The maximum atomic E-state index is 4.02. The summed E-state index contributed by atoms with van der Waals surface area (Å²) in [6, 6.07) is 0.646. The SMILES string of the molecule is CNCc1cn(C2CC2)nn1. The monoisotopic (exact) mass is 152 g/mol. The van der Waals surface area contributed by atoms with Crippen LogP contribution in [0.15, 0.2) is 6.20 Å². The van der Waals surface area contributed by atoms with Gasteiger partial charge >= 0.3 is 0 Å². The van der Waals surface area contributed by atoms with Crippen LogP contribution in [0.4, 0.5) is 0 Å². The van der Waals surface area contributed by atoms with Crippen LogP contribution in [0.3, 0.4) is 0 Å². The minimum atomic E-state index is 0.646. The van der Waals surface area contributed by atoms with E-state index in [1.807, 2.05) is 17.9 Å². The van der Waals surface area contributed by atoms with E-state index in [0.717, 1.165) is 12.2 Å². The Hall–Kier alpha value is -0.900. The van der Waals surface area contributed by atoms with E-state index in [0.29, 0.717) is 6.04 Å². The molecule has 60 valence electrons. The molecule has 0 amide bonds. The van der Waals surface area contributed by atoms with Crippen molar-refractivity contribution in [2.75, 3.05) is 7.05 Å². The molecule has 0 spiro atoms. The fourth-order valence-electron chi connectivity index (χ4n) is 1.09. The predicted molar refractivity (Wildman–Crippen MR) is 41.1 cm³/mol. The molecular weight excluding hydrogens is 140 g/mol. The standard InChI is InChI=1S/C7H12N4/c1-8-4-6-5-11(10-9-6)7-2-3-7/h5,7-8H,2-4H2,1H3. The summed E-state index contributed by atoms with van der Waals surface area (Å²) in [5.41, 5.74) is 1.03. The third-order valence-corrected chi connectivity index (χ3v) is 1.84. The molecule has 1 saturated carbocycles. The van der Waals surface area contributed by atoms with E-state index in [1.54, 1.807) is 0 Å². The van der Waals surface area contributed by atoms with Gasteiger partial charge in [0.05, 0.1) is 17.9 Å². The van der Waals surface area contributed by atoms with E-state index >= 15 is 0 Å². The Balaban J connectivity index is 2.06. The molecule has 4 nitrogen and oxygen atoms in total. The van der Waals surface area contributed by atoms with Gasteiger partial charge in [-0.1, -0.05) is 5.21 Å². The minimum Gasteiger partial charge on any atom is -0.314 e. The molecule has 2 rings (SSSR count). The molecule has 0 aromatic carbocycles. The Labute approximate surface area is 65.6 Å². The summed E-state index contributed by atoms with van der Waals surface area (Å²) in [4.78, 5) is 0. The number of nitrogens with zero attached hydrogens (tertiary/aromatic N) is 3. The Bertz CT molecular complexity index is 238. The van der Waals surface area contributed by atoms with Crippen LogP contribution in [0.1, 0.15) is 24.6 Å². The smallest absolute Gasteiger partial charge is 0.0964 e. The van der Waals surface area contributed by atoms with Crippen LogP contribution in [0, 0.1) is 0 Å². The average Bonchev–Trinajstić information content (AvgIpc) is 2.75. The molecule has 1 aliphatic rings. The molecule has 0 unspecified atom stereocenters. The van der Waals surface area contributed by atoms with E-state index < -0.39 is 0 Å². The van der Waals surface area contributed by atoms with E-state index in [9.17, 15) is 0 Å². The molecule has 0 saturated heterocycles. The molecule has 4 heteroatoms. The second-order valence-electron chi connectivity index (χ2n) is 2.95. The topological polar surface area (TPSA) is 42.7 Å². The summed E-state index contributed by atoms with van der Waals surface area (Å²) < 4.78 is 1.96. The quantitative estimate of drug-likeness (QED) is 0.678. The molecule has 0 aliphatic heterocycles. The maximum Gasteiger partial charge on any atom is 0.0964 e. The second-order valence-corrected chi connectivity index (χ2v) is 2.95. The van der Waals surface area contributed by atoms with Crippen molar-refractivity contribution in [2.45, 2.75) is 25.4 Å². The second kappa shape index (κ2) is 2.62. The Morgan fingerprint density at radius 1 is 1.73 bits per heavy atom. The third-order valence-electron chi connectivity index (χ3n) is 1.84.